The number of hydrogen-bond donors (Lipinski definition) is 2. The Balaban J connectivity index is 1.64. The SMILES string of the molecule is COc1ccc(C(=O)N[C@@H](C(=O)NCC2(N3CCCCC3)CCCCC2)C(C)C)cc1. The minimum atomic E-state index is -0.559. The number of rotatable bonds is 8. The molecule has 0 aromatic heterocycles. The van der Waals surface area contributed by atoms with E-state index in [1.807, 2.05) is 13.8 Å². The van der Waals surface area contributed by atoms with Crippen LogP contribution in [0, 0.1) is 5.92 Å². The number of piperidine rings is 1. The minimum absolute atomic E-state index is 0.000471. The largest absolute Gasteiger partial charge is 0.497 e. The number of carbonyl (C=O) groups is 2. The zero-order valence-corrected chi connectivity index (χ0v) is 19.4. The van der Waals surface area contributed by atoms with Crippen LogP contribution in [0.4, 0.5) is 0 Å². The van der Waals surface area contributed by atoms with Crippen LogP contribution < -0.4 is 15.4 Å². The highest BCUT2D eigenvalue weighted by Gasteiger charge is 2.39. The Bertz CT molecular complexity index is 720. The van der Waals surface area contributed by atoms with E-state index in [4.69, 9.17) is 4.74 Å². The Labute approximate surface area is 187 Å². The van der Waals surface area contributed by atoms with Gasteiger partial charge in [0.2, 0.25) is 5.91 Å². The second-order valence-corrected chi connectivity index (χ2v) is 9.47. The van der Waals surface area contributed by atoms with Crippen LogP contribution in [0.25, 0.3) is 0 Å². The summed E-state index contributed by atoms with van der Waals surface area (Å²) in [5, 5.41) is 6.18. The maximum atomic E-state index is 13.2. The summed E-state index contributed by atoms with van der Waals surface area (Å²) in [6.45, 7) is 6.89. The molecule has 0 unspecified atom stereocenters. The van der Waals surface area contributed by atoms with Crippen LogP contribution in [0.2, 0.25) is 0 Å². The second kappa shape index (κ2) is 11.0. The Hall–Kier alpha value is -2.08. The summed E-state index contributed by atoms with van der Waals surface area (Å²) < 4.78 is 5.16. The fraction of sp³-hybridized carbons (Fsp3) is 0.680. The Morgan fingerprint density at radius 2 is 1.61 bits per heavy atom. The van der Waals surface area contributed by atoms with Gasteiger partial charge in [0, 0.05) is 17.6 Å². The second-order valence-electron chi connectivity index (χ2n) is 9.47. The predicted molar refractivity (Wildman–Crippen MR) is 123 cm³/mol. The highest BCUT2D eigenvalue weighted by Crippen LogP contribution is 2.35. The van der Waals surface area contributed by atoms with Gasteiger partial charge in [-0.3, -0.25) is 14.5 Å². The third-order valence-corrected chi connectivity index (χ3v) is 6.99. The van der Waals surface area contributed by atoms with Gasteiger partial charge < -0.3 is 15.4 Å². The first-order chi connectivity index (χ1) is 14.9. The first-order valence-corrected chi connectivity index (χ1v) is 11.9. The first-order valence-electron chi connectivity index (χ1n) is 11.9. The van der Waals surface area contributed by atoms with Crippen LogP contribution >= 0.6 is 0 Å². The highest BCUT2D eigenvalue weighted by atomic mass is 16.5. The van der Waals surface area contributed by atoms with Crippen LogP contribution in [0.15, 0.2) is 24.3 Å². The fourth-order valence-electron chi connectivity index (χ4n) is 5.05. The quantitative estimate of drug-likeness (QED) is 0.660. The average Bonchev–Trinajstić information content (AvgIpc) is 2.82. The first kappa shape index (κ1) is 23.6. The molecule has 1 aromatic carbocycles. The van der Waals surface area contributed by atoms with Gasteiger partial charge in [-0.1, -0.05) is 39.5 Å². The average molecular weight is 430 g/mol. The van der Waals surface area contributed by atoms with Crippen molar-refractivity contribution >= 4 is 11.8 Å². The van der Waals surface area contributed by atoms with E-state index in [0.29, 0.717) is 17.9 Å². The monoisotopic (exact) mass is 429 g/mol. The third kappa shape index (κ3) is 6.00. The molecule has 1 saturated heterocycles. The number of hydrogen-bond acceptors (Lipinski definition) is 4. The molecule has 31 heavy (non-hydrogen) atoms. The van der Waals surface area contributed by atoms with Gasteiger partial charge in [-0.2, -0.15) is 0 Å². The smallest absolute Gasteiger partial charge is 0.251 e. The molecule has 6 nitrogen and oxygen atoms in total. The zero-order valence-electron chi connectivity index (χ0n) is 19.4. The molecule has 3 rings (SSSR count). The maximum Gasteiger partial charge on any atom is 0.251 e. The summed E-state index contributed by atoms with van der Waals surface area (Å²) in [6.07, 6.45) is 9.87. The molecule has 2 aliphatic rings. The summed E-state index contributed by atoms with van der Waals surface area (Å²) in [5.41, 5.74) is 0.604. The Morgan fingerprint density at radius 1 is 1.00 bits per heavy atom. The Morgan fingerprint density at radius 3 is 2.19 bits per heavy atom. The van der Waals surface area contributed by atoms with Crippen LogP contribution in [-0.2, 0) is 4.79 Å². The molecular formula is C25H39N3O3. The molecule has 1 atom stereocenters. The molecule has 0 radical (unpaired) electrons. The molecule has 1 aliphatic carbocycles. The molecule has 2 amide bonds. The van der Waals surface area contributed by atoms with Crippen molar-refractivity contribution in [2.75, 3.05) is 26.7 Å². The van der Waals surface area contributed by atoms with Gasteiger partial charge in [-0.05, 0) is 69.0 Å². The van der Waals surface area contributed by atoms with E-state index in [2.05, 4.69) is 15.5 Å². The molecule has 6 heteroatoms. The number of nitrogens with one attached hydrogen (secondary N) is 2. The number of amides is 2. The van der Waals surface area contributed by atoms with Crippen molar-refractivity contribution in [3.63, 3.8) is 0 Å². The van der Waals surface area contributed by atoms with Crippen molar-refractivity contribution in [2.45, 2.75) is 76.8 Å². The molecule has 1 aromatic rings. The van der Waals surface area contributed by atoms with E-state index in [-0.39, 0.29) is 23.3 Å². The molecule has 2 fully saturated rings. The third-order valence-electron chi connectivity index (χ3n) is 6.99. The van der Waals surface area contributed by atoms with Gasteiger partial charge in [0.15, 0.2) is 0 Å². The molecule has 0 bridgehead atoms. The van der Waals surface area contributed by atoms with Gasteiger partial charge in [0.05, 0.1) is 7.11 Å². The molecule has 1 saturated carbocycles. The topological polar surface area (TPSA) is 70.7 Å². The number of nitrogens with zero attached hydrogens (tertiary/aromatic N) is 1. The van der Waals surface area contributed by atoms with E-state index < -0.39 is 6.04 Å². The van der Waals surface area contributed by atoms with Crippen LogP contribution in [-0.4, -0.2) is 55.0 Å². The number of likely N-dealkylation sites (tertiary alicyclic amines) is 1. The molecule has 2 N–H and O–H groups in total. The lowest BCUT2D eigenvalue weighted by atomic mass is 9.79. The zero-order chi connectivity index (χ0) is 22.3. The van der Waals surface area contributed by atoms with E-state index in [1.54, 1.807) is 31.4 Å². The van der Waals surface area contributed by atoms with Crippen molar-refractivity contribution in [3.05, 3.63) is 29.8 Å². The molecule has 1 aliphatic heterocycles. The van der Waals surface area contributed by atoms with E-state index in [9.17, 15) is 9.59 Å². The van der Waals surface area contributed by atoms with Gasteiger partial charge in [-0.25, -0.2) is 0 Å². The Kier molecular flexibility index (Phi) is 8.35. The predicted octanol–water partition coefficient (Wildman–Crippen LogP) is 3.75. The maximum absolute atomic E-state index is 13.2. The van der Waals surface area contributed by atoms with Gasteiger partial charge in [0.25, 0.3) is 5.91 Å². The van der Waals surface area contributed by atoms with Crippen molar-refractivity contribution < 1.29 is 14.3 Å². The number of carbonyl (C=O) groups excluding carboxylic acids is 2. The molecule has 1 heterocycles. The van der Waals surface area contributed by atoms with Crippen LogP contribution in [0.1, 0.15) is 75.6 Å². The lowest BCUT2D eigenvalue weighted by Gasteiger charge is -2.48. The summed E-state index contributed by atoms with van der Waals surface area (Å²) in [7, 11) is 1.59. The normalized spacial score (nSPS) is 20.1. The lowest BCUT2D eigenvalue weighted by Crippen LogP contribution is -2.60. The van der Waals surface area contributed by atoms with Crippen molar-refractivity contribution in [2.24, 2.45) is 5.92 Å². The summed E-state index contributed by atoms with van der Waals surface area (Å²) >= 11 is 0. The van der Waals surface area contributed by atoms with Crippen molar-refractivity contribution in [1.82, 2.24) is 15.5 Å². The molecular weight excluding hydrogens is 390 g/mol. The summed E-state index contributed by atoms with van der Waals surface area (Å²) in [5.74, 6) is 0.378. The summed E-state index contributed by atoms with van der Waals surface area (Å²) in [4.78, 5) is 28.5. The van der Waals surface area contributed by atoms with E-state index in [0.717, 1.165) is 25.9 Å². The number of ether oxygens (including phenoxy) is 1. The van der Waals surface area contributed by atoms with Crippen LogP contribution in [0.5, 0.6) is 5.75 Å². The standard InChI is InChI=1S/C25H39N3O3/c1-19(2)22(27-23(29)20-10-12-21(31-3)13-11-20)24(30)26-18-25(14-6-4-7-15-25)28-16-8-5-9-17-28/h10-13,19,22H,4-9,14-18H2,1-3H3,(H,26,30)(H,27,29)/t22-/m1/s1. The summed E-state index contributed by atoms with van der Waals surface area (Å²) in [6, 6.07) is 6.39. The van der Waals surface area contributed by atoms with Gasteiger partial charge in [-0.15, -0.1) is 0 Å². The number of methoxy groups -OCH3 is 1. The van der Waals surface area contributed by atoms with Crippen molar-refractivity contribution in [3.8, 4) is 5.75 Å². The van der Waals surface area contributed by atoms with Crippen molar-refractivity contribution in [1.29, 1.82) is 0 Å². The van der Waals surface area contributed by atoms with Crippen LogP contribution in [0.3, 0.4) is 0 Å². The van der Waals surface area contributed by atoms with Gasteiger partial charge >= 0.3 is 0 Å². The lowest BCUT2D eigenvalue weighted by molar-refractivity contribution is -0.125. The molecule has 172 valence electrons. The minimum Gasteiger partial charge on any atom is -0.497 e. The van der Waals surface area contributed by atoms with Gasteiger partial charge in [0.1, 0.15) is 11.8 Å². The highest BCUT2D eigenvalue weighted by molar-refractivity contribution is 5.97. The fourth-order valence-corrected chi connectivity index (χ4v) is 5.05. The van der Waals surface area contributed by atoms with E-state index >= 15 is 0 Å². The van der Waals surface area contributed by atoms with E-state index in [1.165, 1.54) is 38.5 Å². The molecule has 0 spiro atoms. The number of benzene rings is 1.